The van der Waals surface area contributed by atoms with Crippen LogP contribution in [-0.2, 0) is 0 Å². The standard InChI is InChI=1S/C17H16N2OS/c1-10-5-11(2)7-14(6-10)19-17(20)16-9-12-8-13(18)3-4-15(12)21-16/h3-9H,18H2,1-2H3,(H,19,20). The van der Waals surface area contributed by atoms with Crippen molar-refractivity contribution in [2.24, 2.45) is 0 Å². The Morgan fingerprint density at radius 2 is 1.76 bits per heavy atom. The second-order valence-electron chi connectivity index (χ2n) is 5.24. The van der Waals surface area contributed by atoms with E-state index in [1.165, 1.54) is 11.3 Å². The third-order valence-corrected chi connectivity index (χ3v) is 4.36. The van der Waals surface area contributed by atoms with Gasteiger partial charge in [0.2, 0.25) is 0 Å². The largest absolute Gasteiger partial charge is 0.399 e. The van der Waals surface area contributed by atoms with Crippen molar-refractivity contribution in [3.05, 3.63) is 58.5 Å². The average Bonchev–Trinajstić information content (AvgIpc) is 2.80. The summed E-state index contributed by atoms with van der Waals surface area (Å²) in [7, 11) is 0. The zero-order chi connectivity index (χ0) is 15.0. The van der Waals surface area contributed by atoms with Crippen molar-refractivity contribution in [2.45, 2.75) is 13.8 Å². The predicted molar refractivity (Wildman–Crippen MR) is 90.1 cm³/mol. The van der Waals surface area contributed by atoms with Gasteiger partial charge in [-0.25, -0.2) is 0 Å². The molecule has 106 valence electrons. The van der Waals surface area contributed by atoms with E-state index in [-0.39, 0.29) is 5.91 Å². The van der Waals surface area contributed by atoms with E-state index in [1.807, 2.05) is 50.2 Å². The number of hydrogen-bond acceptors (Lipinski definition) is 3. The summed E-state index contributed by atoms with van der Waals surface area (Å²) < 4.78 is 1.06. The van der Waals surface area contributed by atoms with Gasteiger partial charge in [-0.2, -0.15) is 0 Å². The maximum atomic E-state index is 12.4. The summed E-state index contributed by atoms with van der Waals surface area (Å²) in [5.74, 6) is -0.0835. The summed E-state index contributed by atoms with van der Waals surface area (Å²) in [5, 5.41) is 3.96. The van der Waals surface area contributed by atoms with Gasteiger partial charge in [-0.1, -0.05) is 6.07 Å². The molecule has 0 atom stereocenters. The molecule has 0 unspecified atom stereocenters. The lowest BCUT2D eigenvalue weighted by atomic mass is 10.1. The molecule has 1 aromatic heterocycles. The molecule has 0 aliphatic heterocycles. The van der Waals surface area contributed by atoms with E-state index in [4.69, 9.17) is 5.73 Å². The number of carbonyl (C=O) groups excluding carboxylic acids is 1. The first-order valence-corrected chi connectivity index (χ1v) is 7.51. The number of rotatable bonds is 2. The highest BCUT2D eigenvalue weighted by molar-refractivity contribution is 7.20. The summed E-state index contributed by atoms with van der Waals surface area (Å²) >= 11 is 1.47. The fourth-order valence-corrected chi connectivity index (χ4v) is 3.35. The van der Waals surface area contributed by atoms with Gasteiger partial charge < -0.3 is 11.1 Å². The maximum absolute atomic E-state index is 12.4. The van der Waals surface area contributed by atoms with E-state index in [0.29, 0.717) is 10.6 Å². The minimum Gasteiger partial charge on any atom is -0.399 e. The van der Waals surface area contributed by atoms with E-state index < -0.39 is 0 Å². The molecule has 1 heterocycles. The number of fused-ring (bicyclic) bond motifs is 1. The molecule has 3 nitrogen and oxygen atoms in total. The van der Waals surface area contributed by atoms with Gasteiger partial charge in [0.25, 0.3) is 5.91 Å². The monoisotopic (exact) mass is 296 g/mol. The van der Waals surface area contributed by atoms with Crippen molar-refractivity contribution in [1.82, 2.24) is 0 Å². The number of hydrogen-bond donors (Lipinski definition) is 2. The number of nitrogens with one attached hydrogen (secondary N) is 1. The quantitative estimate of drug-likeness (QED) is 0.691. The fraction of sp³-hybridized carbons (Fsp3) is 0.118. The fourth-order valence-electron chi connectivity index (χ4n) is 2.41. The Morgan fingerprint density at radius 3 is 2.48 bits per heavy atom. The zero-order valence-electron chi connectivity index (χ0n) is 11.9. The van der Waals surface area contributed by atoms with Gasteiger partial charge in [0.15, 0.2) is 0 Å². The van der Waals surface area contributed by atoms with Crippen LogP contribution in [0.25, 0.3) is 10.1 Å². The highest BCUT2D eigenvalue weighted by Crippen LogP contribution is 2.28. The normalized spacial score (nSPS) is 10.8. The molecule has 0 aliphatic rings. The van der Waals surface area contributed by atoms with E-state index in [1.54, 1.807) is 0 Å². The number of nitrogens with two attached hydrogens (primary N) is 1. The smallest absolute Gasteiger partial charge is 0.265 e. The first kappa shape index (κ1) is 13.6. The zero-order valence-corrected chi connectivity index (χ0v) is 12.8. The molecule has 3 N–H and O–H groups in total. The highest BCUT2D eigenvalue weighted by Gasteiger charge is 2.11. The van der Waals surface area contributed by atoms with E-state index >= 15 is 0 Å². The SMILES string of the molecule is Cc1cc(C)cc(NC(=O)c2cc3cc(N)ccc3s2)c1. The first-order chi connectivity index (χ1) is 10.0. The average molecular weight is 296 g/mol. The van der Waals surface area contributed by atoms with Crippen molar-refractivity contribution < 1.29 is 4.79 Å². The Labute approximate surface area is 127 Å². The van der Waals surface area contributed by atoms with Crippen molar-refractivity contribution in [1.29, 1.82) is 0 Å². The molecular weight excluding hydrogens is 280 g/mol. The highest BCUT2D eigenvalue weighted by atomic mass is 32.1. The van der Waals surface area contributed by atoms with Gasteiger partial charge in [-0.3, -0.25) is 4.79 Å². The molecule has 1 amide bonds. The molecule has 0 radical (unpaired) electrons. The number of anilines is 2. The minimum absolute atomic E-state index is 0.0835. The Morgan fingerprint density at radius 1 is 1.05 bits per heavy atom. The van der Waals surface area contributed by atoms with E-state index in [0.717, 1.165) is 26.9 Å². The lowest BCUT2D eigenvalue weighted by Gasteiger charge is -2.06. The van der Waals surface area contributed by atoms with Crippen LogP contribution >= 0.6 is 11.3 Å². The third kappa shape index (κ3) is 2.90. The lowest BCUT2D eigenvalue weighted by Crippen LogP contribution is -2.10. The number of amides is 1. The van der Waals surface area contributed by atoms with Crippen LogP contribution in [0.4, 0.5) is 11.4 Å². The molecule has 3 aromatic rings. The lowest BCUT2D eigenvalue weighted by molar-refractivity contribution is 0.103. The van der Waals surface area contributed by atoms with Crippen LogP contribution in [0.15, 0.2) is 42.5 Å². The van der Waals surface area contributed by atoms with Crippen molar-refractivity contribution in [3.63, 3.8) is 0 Å². The summed E-state index contributed by atoms with van der Waals surface area (Å²) in [6, 6.07) is 13.6. The summed E-state index contributed by atoms with van der Waals surface area (Å²) in [6.07, 6.45) is 0. The topological polar surface area (TPSA) is 55.1 Å². The van der Waals surface area contributed by atoms with Gasteiger partial charge in [0.05, 0.1) is 4.88 Å². The van der Waals surface area contributed by atoms with Gasteiger partial charge in [0, 0.05) is 16.1 Å². The van der Waals surface area contributed by atoms with Crippen LogP contribution in [0.5, 0.6) is 0 Å². The molecule has 4 heteroatoms. The first-order valence-electron chi connectivity index (χ1n) is 6.70. The molecule has 0 spiro atoms. The number of nitrogen functional groups attached to an aromatic ring is 1. The molecule has 0 aliphatic carbocycles. The van der Waals surface area contributed by atoms with Crippen LogP contribution < -0.4 is 11.1 Å². The van der Waals surface area contributed by atoms with Gasteiger partial charge in [0.1, 0.15) is 0 Å². The van der Waals surface area contributed by atoms with Gasteiger partial charge in [-0.05, 0) is 66.8 Å². The van der Waals surface area contributed by atoms with Crippen molar-refractivity contribution in [3.8, 4) is 0 Å². The van der Waals surface area contributed by atoms with Gasteiger partial charge >= 0.3 is 0 Å². The molecule has 0 fully saturated rings. The summed E-state index contributed by atoms with van der Waals surface area (Å²) in [5.41, 5.74) is 9.58. The molecule has 0 saturated heterocycles. The minimum atomic E-state index is -0.0835. The number of thiophene rings is 1. The maximum Gasteiger partial charge on any atom is 0.265 e. The second-order valence-corrected chi connectivity index (χ2v) is 6.32. The summed E-state index contributed by atoms with van der Waals surface area (Å²) in [6.45, 7) is 4.04. The van der Waals surface area contributed by atoms with Crippen LogP contribution in [0.1, 0.15) is 20.8 Å². The van der Waals surface area contributed by atoms with E-state index in [9.17, 15) is 4.79 Å². The van der Waals surface area contributed by atoms with E-state index in [2.05, 4.69) is 11.4 Å². The number of benzene rings is 2. The molecule has 0 bridgehead atoms. The molecule has 0 saturated carbocycles. The van der Waals surface area contributed by atoms with Crippen molar-refractivity contribution >= 4 is 38.7 Å². The molecule has 21 heavy (non-hydrogen) atoms. The third-order valence-electron chi connectivity index (χ3n) is 3.24. The molecule has 3 rings (SSSR count). The Balaban J connectivity index is 1.89. The molecule has 2 aromatic carbocycles. The predicted octanol–water partition coefficient (Wildman–Crippen LogP) is 4.35. The van der Waals surface area contributed by atoms with Crippen LogP contribution in [0.3, 0.4) is 0 Å². The van der Waals surface area contributed by atoms with Crippen molar-refractivity contribution in [2.75, 3.05) is 11.1 Å². The van der Waals surface area contributed by atoms with Gasteiger partial charge in [-0.15, -0.1) is 11.3 Å². The second kappa shape index (κ2) is 5.22. The molecular formula is C17H16N2OS. The van der Waals surface area contributed by atoms with Crippen LogP contribution in [0, 0.1) is 13.8 Å². The Hall–Kier alpha value is -2.33. The Bertz CT molecular complexity index is 816. The van der Waals surface area contributed by atoms with Crippen LogP contribution in [-0.4, -0.2) is 5.91 Å². The summed E-state index contributed by atoms with van der Waals surface area (Å²) in [4.78, 5) is 13.0. The Kier molecular flexibility index (Phi) is 3.39. The number of carbonyl (C=O) groups is 1. The number of aryl methyl sites for hydroxylation is 2. The van der Waals surface area contributed by atoms with Crippen LogP contribution in [0.2, 0.25) is 0 Å².